The third-order valence-corrected chi connectivity index (χ3v) is 5.55. The van der Waals surface area contributed by atoms with Crippen LogP contribution >= 0.6 is 0 Å². The fraction of sp³-hybridized carbons (Fsp3) is 1.00. The zero-order valence-electron chi connectivity index (χ0n) is 12.8. The Morgan fingerprint density at radius 2 is 1.53 bits per heavy atom. The lowest BCUT2D eigenvalue weighted by atomic mass is 9.69. The molecular weight excluding hydrogens is 204 g/mol. The molecule has 0 heteroatoms. The molecule has 0 bridgehead atoms. The Hall–Kier alpha value is 0. The highest BCUT2D eigenvalue weighted by molar-refractivity contribution is 4.79. The second kappa shape index (κ2) is 7.44. The summed E-state index contributed by atoms with van der Waals surface area (Å²) in [7, 11) is 0. The average Bonchev–Trinajstić information content (AvgIpc) is 2.22. The molecule has 17 heavy (non-hydrogen) atoms. The van der Waals surface area contributed by atoms with Gasteiger partial charge in [0.05, 0.1) is 0 Å². The van der Waals surface area contributed by atoms with Crippen LogP contribution in [0, 0.1) is 29.6 Å². The number of hydrogen-bond donors (Lipinski definition) is 0. The van der Waals surface area contributed by atoms with E-state index < -0.39 is 0 Å². The molecule has 0 aromatic heterocycles. The van der Waals surface area contributed by atoms with Crippen LogP contribution in [0.3, 0.4) is 0 Å². The summed E-state index contributed by atoms with van der Waals surface area (Å²) in [4.78, 5) is 0. The van der Waals surface area contributed by atoms with Crippen LogP contribution < -0.4 is 0 Å². The summed E-state index contributed by atoms with van der Waals surface area (Å²) in [5, 5.41) is 0. The van der Waals surface area contributed by atoms with E-state index >= 15 is 0 Å². The quantitative estimate of drug-likeness (QED) is 0.493. The van der Waals surface area contributed by atoms with Gasteiger partial charge in [-0.2, -0.15) is 0 Å². The maximum atomic E-state index is 2.52. The second-order valence-corrected chi connectivity index (χ2v) is 6.53. The van der Waals surface area contributed by atoms with Crippen LogP contribution in [-0.2, 0) is 0 Å². The zero-order valence-corrected chi connectivity index (χ0v) is 12.8. The van der Waals surface area contributed by atoms with Crippen LogP contribution in [0.2, 0.25) is 0 Å². The first-order valence-corrected chi connectivity index (χ1v) is 8.13. The van der Waals surface area contributed by atoms with Gasteiger partial charge < -0.3 is 0 Å². The predicted octanol–water partition coefficient (Wildman–Crippen LogP) is 5.91. The molecule has 1 fully saturated rings. The van der Waals surface area contributed by atoms with Crippen molar-refractivity contribution in [1.82, 2.24) is 0 Å². The van der Waals surface area contributed by atoms with Gasteiger partial charge in [0.25, 0.3) is 0 Å². The zero-order chi connectivity index (χ0) is 12.8. The smallest absolute Gasteiger partial charge is 0.0363 e. The van der Waals surface area contributed by atoms with E-state index in [1.165, 1.54) is 44.9 Å². The third-order valence-electron chi connectivity index (χ3n) is 5.55. The molecule has 0 amide bonds. The second-order valence-electron chi connectivity index (χ2n) is 6.53. The molecule has 0 radical (unpaired) electrons. The highest BCUT2D eigenvalue weighted by Crippen LogP contribution is 2.39. The fourth-order valence-electron chi connectivity index (χ4n) is 4.06. The van der Waals surface area contributed by atoms with Crippen LogP contribution in [0.25, 0.3) is 0 Å². The van der Waals surface area contributed by atoms with Crippen LogP contribution in [0.15, 0.2) is 0 Å². The maximum Gasteiger partial charge on any atom is -0.0363 e. The molecule has 102 valence electrons. The van der Waals surface area contributed by atoms with E-state index in [0.29, 0.717) is 0 Å². The van der Waals surface area contributed by atoms with Crippen molar-refractivity contribution in [1.29, 1.82) is 0 Å². The third kappa shape index (κ3) is 4.00. The molecule has 1 aliphatic rings. The standard InChI is InChI=1S/C17H34/c1-6-15(7-2)17(8-3)14(5)12-13(4)16-10-9-11-16/h13-17H,6-12H2,1-5H3. The molecule has 0 saturated heterocycles. The van der Waals surface area contributed by atoms with Crippen LogP contribution in [0.4, 0.5) is 0 Å². The van der Waals surface area contributed by atoms with E-state index in [9.17, 15) is 0 Å². The van der Waals surface area contributed by atoms with Gasteiger partial charge in [-0.1, -0.05) is 73.1 Å². The van der Waals surface area contributed by atoms with Gasteiger partial charge in [-0.15, -0.1) is 0 Å². The molecule has 0 aliphatic heterocycles. The summed E-state index contributed by atoms with van der Waals surface area (Å²) in [5.41, 5.74) is 0. The van der Waals surface area contributed by atoms with E-state index in [0.717, 1.165) is 29.6 Å². The predicted molar refractivity (Wildman–Crippen MR) is 78.1 cm³/mol. The molecule has 3 atom stereocenters. The molecule has 0 aromatic rings. The summed E-state index contributed by atoms with van der Waals surface area (Å²) < 4.78 is 0. The molecule has 1 rings (SSSR count). The number of rotatable bonds is 8. The van der Waals surface area contributed by atoms with Gasteiger partial charge in [0.1, 0.15) is 0 Å². The van der Waals surface area contributed by atoms with Gasteiger partial charge in [0.2, 0.25) is 0 Å². The lowest BCUT2D eigenvalue weighted by Crippen LogP contribution is -2.26. The molecule has 3 unspecified atom stereocenters. The first-order chi connectivity index (χ1) is 8.13. The van der Waals surface area contributed by atoms with Crippen LogP contribution in [0.5, 0.6) is 0 Å². The van der Waals surface area contributed by atoms with Gasteiger partial charge in [0, 0.05) is 0 Å². The van der Waals surface area contributed by atoms with Gasteiger partial charge in [-0.05, 0) is 36.0 Å². The minimum absolute atomic E-state index is 0.931. The summed E-state index contributed by atoms with van der Waals surface area (Å²) in [6, 6.07) is 0. The van der Waals surface area contributed by atoms with Crippen molar-refractivity contribution >= 4 is 0 Å². The van der Waals surface area contributed by atoms with E-state index in [-0.39, 0.29) is 0 Å². The Balaban J connectivity index is 2.43. The van der Waals surface area contributed by atoms with Gasteiger partial charge in [-0.25, -0.2) is 0 Å². The topological polar surface area (TPSA) is 0 Å². The van der Waals surface area contributed by atoms with Crippen molar-refractivity contribution in [3.63, 3.8) is 0 Å². The summed E-state index contributed by atoms with van der Waals surface area (Å²) >= 11 is 0. The van der Waals surface area contributed by atoms with Crippen molar-refractivity contribution in [2.75, 3.05) is 0 Å². The number of hydrogen-bond acceptors (Lipinski definition) is 0. The Bertz CT molecular complexity index is 188. The van der Waals surface area contributed by atoms with Crippen LogP contribution in [0.1, 0.15) is 79.6 Å². The molecule has 0 spiro atoms. The lowest BCUT2D eigenvalue weighted by Gasteiger charge is -2.36. The highest BCUT2D eigenvalue weighted by Gasteiger charge is 2.29. The maximum absolute atomic E-state index is 2.52. The Morgan fingerprint density at radius 1 is 0.941 bits per heavy atom. The monoisotopic (exact) mass is 238 g/mol. The average molecular weight is 238 g/mol. The van der Waals surface area contributed by atoms with Crippen LogP contribution in [-0.4, -0.2) is 0 Å². The minimum atomic E-state index is 0.931. The first-order valence-electron chi connectivity index (χ1n) is 8.13. The van der Waals surface area contributed by atoms with Gasteiger partial charge in [0.15, 0.2) is 0 Å². The molecule has 0 heterocycles. The summed E-state index contributed by atoms with van der Waals surface area (Å²) in [6.45, 7) is 12.2. The minimum Gasteiger partial charge on any atom is -0.0651 e. The Morgan fingerprint density at radius 3 is 1.88 bits per heavy atom. The lowest BCUT2D eigenvalue weighted by molar-refractivity contribution is 0.142. The molecule has 0 aromatic carbocycles. The molecule has 0 N–H and O–H groups in total. The first kappa shape index (κ1) is 15.1. The largest absolute Gasteiger partial charge is 0.0651 e. The Labute approximate surface area is 110 Å². The van der Waals surface area contributed by atoms with E-state index in [4.69, 9.17) is 0 Å². The molecule has 1 saturated carbocycles. The van der Waals surface area contributed by atoms with Crippen molar-refractivity contribution in [2.24, 2.45) is 29.6 Å². The molecule has 1 aliphatic carbocycles. The molecular formula is C17H34. The van der Waals surface area contributed by atoms with Crippen molar-refractivity contribution in [3.05, 3.63) is 0 Å². The van der Waals surface area contributed by atoms with Crippen molar-refractivity contribution in [2.45, 2.75) is 79.6 Å². The Kier molecular flexibility index (Phi) is 6.59. The van der Waals surface area contributed by atoms with Crippen molar-refractivity contribution < 1.29 is 0 Å². The van der Waals surface area contributed by atoms with E-state index in [1.807, 2.05) is 0 Å². The summed E-state index contributed by atoms with van der Waals surface area (Å²) in [5.74, 6) is 4.90. The molecule has 0 nitrogen and oxygen atoms in total. The SMILES string of the molecule is CCC(CC)C(CC)C(C)CC(C)C1CCC1. The van der Waals surface area contributed by atoms with E-state index in [2.05, 4.69) is 34.6 Å². The summed E-state index contributed by atoms with van der Waals surface area (Å²) in [6.07, 6.45) is 10.1. The fourth-order valence-corrected chi connectivity index (χ4v) is 4.06. The van der Waals surface area contributed by atoms with Gasteiger partial charge in [-0.3, -0.25) is 0 Å². The van der Waals surface area contributed by atoms with E-state index in [1.54, 1.807) is 0 Å². The van der Waals surface area contributed by atoms with Crippen molar-refractivity contribution in [3.8, 4) is 0 Å². The van der Waals surface area contributed by atoms with Gasteiger partial charge >= 0.3 is 0 Å². The highest BCUT2D eigenvalue weighted by atomic mass is 14.3. The normalized spacial score (nSPS) is 22.2.